The first-order valence-corrected chi connectivity index (χ1v) is 6.54. The number of nitrogens with zero attached hydrogens (tertiary/aromatic N) is 2. The molecule has 1 aromatic rings. The van der Waals surface area contributed by atoms with Crippen LogP contribution in [0.1, 0.15) is 38.9 Å². The summed E-state index contributed by atoms with van der Waals surface area (Å²) >= 11 is 0. The standard InChI is InChI=1S/C14H23N3/c1-10-6-7-17(9-11(10)2)13-4-5-14(12(3)15)16-8-13/h4-5,8,10-12H,6-7,9,15H2,1-3H3/t10?,11?,12-/m1/s1. The smallest absolute Gasteiger partial charge is 0.0569 e. The van der Waals surface area contributed by atoms with Gasteiger partial charge in [-0.1, -0.05) is 13.8 Å². The highest BCUT2D eigenvalue weighted by Crippen LogP contribution is 2.26. The van der Waals surface area contributed by atoms with Gasteiger partial charge in [-0.2, -0.15) is 0 Å². The molecule has 0 spiro atoms. The lowest BCUT2D eigenvalue weighted by Gasteiger charge is -2.36. The van der Waals surface area contributed by atoms with Crippen LogP contribution >= 0.6 is 0 Å². The molecule has 94 valence electrons. The Balaban J connectivity index is 2.07. The topological polar surface area (TPSA) is 42.1 Å². The molecule has 1 fully saturated rings. The van der Waals surface area contributed by atoms with Crippen molar-refractivity contribution in [1.82, 2.24) is 4.98 Å². The largest absolute Gasteiger partial charge is 0.370 e. The average molecular weight is 233 g/mol. The van der Waals surface area contributed by atoms with Gasteiger partial charge in [-0.05, 0) is 37.3 Å². The molecule has 2 unspecified atom stereocenters. The van der Waals surface area contributed by atoms with E-state index >= 15 is 0 Å². The second-order valence-corrected chi connectivity index (χ2v) is 5.42. The van der Waals surface area contributed by atoms with Crippen molar-refractivity contribution >= 4 is 5.69 Å². The van der Waals surface area contributed by atoms with E-state index in [4.69, 9.17) is 5.73 Å². The first-order chi connectivity index (χ1) is 8.08. The molecular weight excluding hydrogens is 210 g/mol. The summed E-state index contributed by atoms with van der Waals surface area (Å²) in [5.74, 6) is 1.60. The van der Waals surface area contributed by atoms with Gasteiger partial charge in [0.05, 0.1) is 17.6 Å². The lowest BCUT2D eigenvalue weighted by Crippen LogP contribution is -2.38. The molecule has 0 saturated carbocycles. The van der Waals surface area contributed by atoms with Crippen molar-refractivity contribution in [2.24, 2.45) is 17.6 Å². The Morgan fingerprint density at radius 2 is 2.12 bits per heavy atom. The molecule has 1 aliphatic rings. The summed E-state index contributed by atoms with van der Waals surface area (Å²) in [6.07, 6.45) is 3.23. The zero-order valence-electron chi connectivity index (χ0n) is 11.1. The summed E-state index contributed by atoms with van der Waals surface area (Å²) in [4.78, 5) is 6.86. The quantitative estimate of drug-likeness (QED) is 0.853. The molecule has 0 aliphatic carbocycles. The lowest BCUT2D eigenvalue weighted by atomic mass is 9.88. The van der Waals surface area contributed by atoms with Gasteiger partial charge in [0.25, 0.3) is 0 Å². The number of piperidine rings is 1. The highest BCUT2D eigenvalue weighted by molar-refractivity contribution is 5.45. The SMILES string of the molecule is CC1CCN(c2ccc([C@@H](C)N)nc2)CC1C. The van der Waals surface area contributed by atoms with E-state index in [1.165, 1.54) is 12.1 Å². The number of hydrogen-bond acceptors (Lipinski definition) is 3. The predicted molar refractivity (Wildman–Crippen MR) is 72.0 cm³/mol. The van der Waals surface area contributed by atoms with Crippen molar-refractivity contribution in [3.63, 3.8) is 0 Å². The van der Waals surface area contributed by atoms with Crippen LogP contribution in [0.2, 0.25) is 0 Å². The molecule has 3 heteroatoms. The molecular formula is C14H23N3. The molecule has 2 rings (SSSR count). The van der Waals surface area contributed by atoms with Crippen LogP contribution in [0.4, 0.5) is 5.69 Å². The number of rotatable bonds is 2. The van der Waals surface area contributed by atoms with Gasteiger partial charge in [0.1, 0.15) is 0 Å². The molecule has 0 radical (unpaired) electrons. The zero-order valence-corrected chi connectivity index (χ0v) is 11.1. The molecule has 0 bridgehead atoms. The van der Waals surface area contributed by atoms with E-state index < -0.39 is 0 Å². The second-order valence-electron chi connectivity index (χ2n) is 5.42. The molecule has 3 nitrogen and oxygen atoms in total. The minimum absolute atomic E-state index is 0.0179. The molecule has 3 atom stereocenters. The highest BCUT2D eigenvalue weighted by atomic mass is 15.1. The summed E-state index contributed by atoms with van der Waals surface area (Å²) < 4.78 is 0. The Hall–Kier alpha value is -1.09. The summed E-state index contributed by atoms with van der Waals surface area (Å²) in [5.41, 5.74) is 8.00. The van der Waals surface area contributed by atoms with Crippen LogP contribution in [0.15, 0.2) is 18.3 Å². The van der Waals surface area contributed by atoms with Crippen molar-refractivity contribution in [3.8, 4) is 0 Å². The Labute approximate surface area is 104 Å². The van der Waals surface area contributed by atoms with Crippen LogP contribution in [0.3, 0.4) is 0 Å². The third-order valence-electron chi connectivity index (χ3n) is 3.94. The fourth-order valence-corrected chi connectivity index (χ4v) is 2.35. The van der Waals surface area contributed by atoms with Gasteiger partial charge in [0, 0.05) is 19.1 Å². The lowest BCUT2D eigenvalue weighted by molar-refractivity contribution is 0.324. The van der Waals surface area contributed by atoms with Gasteiger partial charge < -0.3 is 10.6 Å². The van der Waals surface area contributed by atoms with Crippen LogP contribution < -0.4 is 10.6 Å². The van der Waals surface area contributed by atoms with E-state index in [1.54, 1.807) is 0 Å². The van der Waals surface area contributed by atoms with Crippen molar-refractivity contribution in [3.05, 3.63) is 24.0 Å². The van der Waals surface area contributed by atoms with Gasteiger partial charge in [0.15, 0.2) is 0 Å². The van der Waals surface area contributed by atoms with Crippen molar-refractivity contribution in [2.45, 2.75) is 33.2 Å². The van der Waals surface area contributed by atoms with Crippen molar-refractivity contribution in [1.29, 1.82) is 0 Å². The third kappa shape index (κ3) is 2.78. The number of nitrogens with two attached hydrogens (primary N) is 1. The summed E-state index contributed by atoms with van der Waals surface area (Å²) in [7, 11) is 0. The second kappa shape index (κ2) is 5.05. The predicted octanol–water partition coefficient (Wildman–Crippen LogP) is 2.58. The minimum Gasteiger partial charge on any atom is -0.370 e. The van der Waals surface area contributed by atoms with Crippen molar-refractivity contribution in [2.75, 3.05) is 18.0 Å². The molecule has 2 heterocycles. The highest BCUT2D eigenvalue weighted by Gasteiger charge is 2.22. The molecule has 1 aromatic heterocycles. The van der Waals surface area contributed by atoms with Crippen LogP contribution in [-0.2, 0) is 0 Å². The Morgan fingerprint density at radius 3 is 2.65 bits per heavy atom. The zero-order chi connectivity index (χ0) is 12.4. The van der Waals surface area contributed by atoms with E-state index in [1.807, 2.05) is 19.2 Å². The van der Waals surface area contributed by atoms with E-state index in [0.29, 0.717) is 0 Å². The summed E-state index contributed by atoms with van der Waals surface area (Å²) in [6, 6.07) is 4.21. The number of aromatic nitrogens is 1. The normalized spacial score (nSPS) is 26.9. The van der Waals surface area contributed by atoms with Gasteiger partial charge in [-0.25, -0.2) is 0 Å². The van der Waals surface area contributed by atoms with Crippen LogP contribution in [0.25, 0.3) is 0 Å². The molecule has 17 heavy (non-hydrogen) atoms. The summed E-state index contributed by atoms with van der Waals surface area (Å²) in [5, 5.41) is 0. The first-order valence-electron chi connectivity index (χ1n) is 6.54. The van der Waals surface area contributed by atoms with Crippen LogP contribution in [0.5, 0.6) is 0 Å². The number of pyridine rings is 1. The Kier molecular flexibility index (Phi) is 3.67. The van der Waals surface area contributed by atoms with Gasteiger partial charge in [-0.15, -0.1) is 0 Å². The van der Waals surface area contributed by atoms with E-state index in [-0.39, 0.29) is 6.04 Å². The Bertz CT molecular complexity index is 358. The fraction of sp³-hybridized carbons (Fsp3) is 0.643. The van der Waals surface area contributed by atoms with E-state index in [2.05, 4.69) is 29.8 Å². The Morgan fingerprint density at radius 1 is 1.35 bits per heavy atom. The average Bonchev–Trinajstić information content (AvgIpc) is 2.33. The molecule has 1 aliphatic heterocycles. The maximum absolute atomic E-state index is 5.81. The van der Waals surface area contributed by atoms with Gasteiger partial charge >= 0.3 is 0 Å². The minimum atomic E-state index is 0.0179. The molecule has 0 amide bonds. The van der Waals surface area contributed by atoms with Crippen molar-refractivity contribution < 1.29 is 0 Å². The maximum Gasteiger partial charge on any atom is 0.0569 e. The summed E-state index contributed by atoms with van der Waals surface area (Å²) in [6.45, 7) is 8.93. The molecule has 1 saturated heterocycles. The fourth-order valence-electron chi connectivity index (χ4n) is 2.35. The third-order valence-corrected chi connectivity index (χ3v) is 3.94. The number of anilines is 1. The van der Waals surface area contributed by atoms with Gasteiger partial charge in [0.2, 0.25) is 0 Å². The first kappa shape index (κ1) is 12.4. The van der Waals surface area contributed by atoms with Crippen LogP contribution in [0, 0.1) is 11.8 Å². The maximum atomic E-state index is 5.81. The van der Waals surface area contributed by atoms with Crippen LogP contribution in [-0.4, -0.2) is 18.1 Å². The molecule has 2 N–H and O–H groups in total. The number of hydrogen-bond donors (Lipinski definition) is 1. The molecule has 0 aromatic carbocycles. The monoisotopic (exact) mass is 233 g/mol. The van der Waals surface area contributed by atoms with Gasteiger partial charge in [-0.3, -0.25) is 4.98 Å². The van der Waals surface area contributed by atoms with E-state index in [0.717, 1.165) is 30.6 Å². The van der Waals surface area contributed by atoms with E-state index in [9.17, 15) is 0 Å².